The molecule has 94 valence electrons. The average Bonchev–Trinajstić information content (AvgIpc) is 2.27. The first-order valence-electron chi connectivity index (χ1n) is 7.23. The minimum Gasteiger partial charge on any atom is -0.378 e. The molecule has 2 saturated carbocycles. The predicted molar refractivity (Wildman–Crippen MR) is 67.6 cm³/mol. The van der Waals surface area contributed by atoms with Crippen molar-refractivity contribution in [1.82, 2.24) is 5.32 Å². The van der Waals surface area contributed by atoms with Crippen molar-refractivity contribution >= 4 is 0 Å². The van der Waals surface area contributed by atoms with Gasteiger partial charge in [0.15, 0.2) is 0 Å². The first-order valence-corrected chi connectivity index (χ1v) is 7.23. The highest BCUT2D eigenvalue weighted by Gasteiger charge is 2.28. The van der Waals surface area contributed by atoms with Gasteiger partial charge in [-0.05, 0) is 51.5 Å². The van der Waals surface area contributed by atoms with Gasteiger partial charge in [0.05, 0.1) is 6.10 Å². The average molecular weight is 225 g/mol. The van der Waals surface area contributed by atoms with Gasteiger partial charge in [0.25, 0.3) is 0 Å². The van der Waals surface area contributed by atoms with Gasteiger partial charge in [-0.2, -0.15) is 0 Å². The van der Waals surface area contributed by atoms with Gasteiger partial charge >= 0.3 is 0 Å². The fourth-order valence-electron chi connectivity index (χ4n) is 3.08. The summed E-state index contributed by atoms with van der Waals surface area (Å²) in [5.74, 6) is 0.938. The molecule has 2 fully saturated rings. The van der Waals surface area contributed by atoms with Crippen molar-refractivity contribution in [2.24, 2.45) is 5.92 Å². The standard InChI is InChI=1S/C14H27NO/c1-2-16-14-10-12(11-14)8-9-15-13-6-4-3-5-7-13/h12-15H,2-11H2,1H3. The molecule has 0 unspecified atom stereocenters. The number of rotatable bonds is 6. The third kappa shape index (κ3) is 3.74. The monoisotopic (exact) mass is 225 g/mol. The maximum absolute atomic E-state index is 5.58. The summed E-state index contributed by atoms with van der Waals surface area (Å²) in [6.45, 7) is 4.21. The summed E-state index contributed by atoms with van der Waals surface area (Å²) in [5, 5.41) is 3.73. The highest BCUT2D eigenvalue weighted by Crippen LogP contribution is 2.32. The second-order valence-corrected chi connectivity index (χ2v) is 5.49. The van der Waals surface area contributed by atoms with Crippen LogP contribution in [0.4, 0.5) is 0 Å². The van der Waals surface area contributed by atoms with Gasteiger partial charge in [0.1, 0.15) is 0 Å². The normalized spacial score (nSPS) is 31.3. The first-order chi connectivity index (χ1) is 7.88. The number of hydrogen-bond acceptors (Lipinski definition) is 2. The van der Waals surface area contributed by atoms with Crippen LogP contribution in [-0.4, -0.2) is 25.3 Å². The Morgan fingerprint density at radius 2 is 1.88 bits per heavy atom. The van der Waals surface area contributed by atoms with E-state index in [9.17, 15) is 0 Å². The van der Waals surface area contributed by atoms with Gasteiger partial charge in [-0.15, -0.1) is 0 Å². The molecule has 0 bridgehead atoms. The van der Waals surface area contributed by atoms with E-state index in [4.69, 9.17) is 4.74 Å². The first kappa shape index (κ1) is 12.4. The van der Waals surface area contributed by atoms with E-state index in [1.807, 2.05) is 0 Å². The molecule has 0 aromatic rings. The summed E-state index contributed by atoms with van der Waals surface area (Å²) in [6, 6.07) is 0.830. The number of nitrogens with one attached hydrogen (secondary N) is 1. The number of ether oxygens (including phenoxy) is 1. The predicted octanol–water partition coefficient (Wildman–Crippen LogP) is 3.11. The molecule has 1 N–H and O–H groups in total. The molecule has 2 nitrogen and oxygen atoms in total. The maximum atomic E-state index is 5.58. The lowest BCUT2D eigenvalue weighted by molar-refractivity contribution is -0.0265. The van der Waals surface area contributed by atoms with Gasteiger partial charge in [0.2, 0.25) is 0 Å². The third-order valence-electron chi connectivity index (χ3n) is 4.19. The SMILES string of the molecule is CCOC1CC(CCNC2CCCCC2)C1. The van der Waals surface area contributed by atoms with Crippen molar-refractivity contribution in [2.45, 2.75) is 70.4 Å². The Hall–Kier alpha value is -0.0800. The van der Waals surface area contributed by atoms with Gasteiger partial charge in [-0.1, -0.05) is 19.3 Å². The molecule has 0 aliphatic heterocycles. The van der Waals surface area contributed by atoms with Crippen LogP contribution in [0.5, 0.6) is 0 Å². The molecule has 0 heterocycles. The van der Waals surface area contributed by atoms with Crippen molar-refractivity contribution in [3.63, 3.8) is 0 Å². The zero-order chi connectivity index (χ0) is 11.2. The zero-order valence-corrected chi connectivity index (χ0v) is 10.7. The van der Waals surface area contributed by atoms with Crippen LogP contribution in [0.2, 0.25) is 0 Å². The van der Waals surface area contributed by atoms with Crippen LogP contribution in [0.3, 0.4) is 0 Å². The minimum absolute atomic E-state index is 0.588. The van der Waals surface area contributed by atoms with E-state index in [0.717, 1.165) is 18.6 Å². The third-order valence-corrected chi connectivity index (χ3v) is 4.19. The molecule has 2 rings (SSSR count). The van der Waals surface area contributed by atoms with Gasteiger partial charge in [-0.25, -0.2) is 0 Å². The fourth-order valence-corrected chi connectivity index (χ4v) is 3.08. The van der Waals surface area contributed by atoms with Crippen molar-refractivity contribution in [2.75, 3.05) is 13.2 Å². The molecule has 0 saturated heterocycles. The molecule has 0 atom stereocenters. The van der Waals surface area contributed by atoms with E-state index in [1.54, 1.807) is 0 Å². The van der Waals surface area contributed by atoms with Crippen LogP contribution >= 0.6 is 0 Å². The molecule has 16 heavy (non-hydrogen) atoms. The molecular formula is C14H27NO. The van der Waals surface area contributed by atoms with E-state index in [0.29, 0.717) is 6.10 Å². The second-order valence-electron chi connectivity index (χ2n) is 5.49. The Balaban J connectivity index is 1.46. The molecule has 2 aliphatic rings. The summed E-state index contributed by atoms with van der Waals surface area (Å²) < 4.78 is 5.58. The van der Waals surface area contributed by atoms with Crippen LogP contribution < -0.4 is 5.32 Å². The minimum atomic E-state index is 0.588. The molecule has 0 aromatic heterocycles. The fraction of sp³-hybridized carbons (Fsp3) is 1.00. The second kappa shape index (κ2) is 6.61. The molecule has 2 heteroatoms. The van der Waals surface area contributed by atoms with Crippen molar-refractivity contribution in [3.05, 3.63) is 0 Å². The molecular weight excluding hydrogens is 198 g/mol. The van der Waals surface area contributed by atoms with Gasteiger partial charge in [-0.3, -0.25) is 0 Å². The summed E-state index contributed by atoms with van der Waals surface area (Å²) in [4.78, 5) is 0. The number of hydrogen-bond donors (Lipinski definition) is 1. The summed E-state index contributed by atoms with van der Waals surface area (Å²) in [7, 11) is 0. The molecule has 0 radical (unpaired) electrons. The lowest BCUT2D eigenvalue weighted by Gasteiger charge is -2.35. The van der Waals surface area contributed by atoms with Crippen LogP contribution in [0.1, 0.15) is 58.3 Å². The van der Waals surface area contributed by atoms with Crippen LogP contribution in [0, 0.1) is 5.92 Å². The molecule has 0 amide bonds. The van der Waals surface area contributed by atoms with Crippen LogP contribution in [-0.2, 0) is 4.74 Å². The van der Waals surface area contributed by atoms with Crippen molar-refractivity contribution in [1.29, 1.82) is 0 Å². The smallest absolute Gasteiger partial charge is 0.0580 e. The highest BCUT2D eigenvalue weighted by molar-refractivity contribution is 4.81. The Labute approximate surface area is 100 Å². The van der Waals surface area contributed by atoms with E-state index in [-0.39, 0.29) is 0 Å². The quantitative estimate of drug-likeness (QED) is 0.750. The molecule has 0 aromatic carbocycles. The van der Waals surface area contributed by atoms with Gasteiger partial charge < -0.3 is 10.1 Å². The summed E-state index contributed by atoms with van der Waals surface area (Å²) >= 11 is 0. The van der Waals surface area contributed by atoms with Crippen LogP contribution in [0.25, 0.3) is 0 Å². The topological polar surface area (TPSA) is 21.3 Å². The van der Waals surface area contributed by atoms with E-state index in [2.05, 4.69) is 12.2 Å². The Kier molecular flexibility index (Phi) is 5.11. The van der Waals surface area contributed by atoms with Gasteiger partial charge in [0, 0.05) is 12.6 Å². The Bertz CT molecular complexity index is 183. The highest BCUT2D eigenvalue weighted by atomic mass is 16.5. The lowest BCUT2D eigenvalue weighted by Crippen LogP contribution is -2.36. The lowest BCUT2D eigenvalue weighted by atomic mass is 9.80. The van der Waals surface area contributed by atoms with E-state index >= 15 is 0 Å². The van der Waals surface area contributed by atoms with E-state index in [1.165, 1.54) is 57.9 Å². The largest absolute Gasteiger partial charge is 0.378 e. The summed E-state index contributed by atoms with van der Waals surface area (Å²) in [5.41, 5.74) is 0. The van der Waals surface area contributed by atoms with Crippen LogP contribution in [0.15, 0.2) is 0 Å². The van der Waals surface area contributed by atoms with Crippen molar-refractivity contribution in [3.8, 4) is 0 Å². The van der Waals surface area contributed by atoms with E-state index < -0.39 is 0 Å². The Morgan fingerprint density at radius 3 is 2.56 bits per heavy atom. The maximum Gasteiger partial charge on any atom is 0.0580 e. The zero-order valence-electron chi connectivity index (χ0n) is 10.7. The molecule has 2 aliphatic carbocycles. The van der Waals surface area contributed by atoms with Crippen molar-refractivity contribution < 1.29 is 4.74 Å². The Morgan fingerprint density at radius 1 is 1.12 bits per heavy atom. The molecule has 0 spiro atoms. The summed E-state index contributed by atoms with van der Waals surface area (Å²) in [6.07, 6.45) is 11.7.